The minimum absolute atomic E-state index is 0. The van der Waals surface area contributed by atoms with Crippen LogP contribution < -0.4 is 43.0 Å². The minimum atomic E-state index is -3.54. The van der Waals surface area contributed by atoms with Crippen molar-refractivity contribution in [1.82, 2.24) is 20.1 Å². The van der Waals surface area contributed by atoms with Gasteiger partial charge in [-0.3, -0.25) is 0 Å². The lowest BCUT2D eigenvalue weighted by molar-refractivity contribution is 0.0517. The maximum absolute atomic E-state index is 11.9. The van der Waals surface area contributed by atoms with Gasteiger partial charge in [0.05, 0.1) is 9.79 Å². The summed E-state index contributed by atoms with van der Waals surface area (Å²) in [6, 6.07) is 16.2. The number of ether oxygens (including phenoxy) is 2. The summed E-state index contributed by atoms with van der Waals surface area (Å²) >= 11 is 0. The van der Waals surface area contributed by atoms with Gasteiger partial charge in [0, 0.05) is 52.4 Å². The molecule has 0 aliphatic carbocycles. The first-order valence-electron chi connectivity index (χ1n) is 15.1. The molecule has 16 nitrogen and oxygen atoms in total. The van der Waals surface area contributed by atoms with Crippen LogP contribution in [0.1, 0.15) is 41.5 Å². The lowest BCUT2D eigenvalue weighted by Gasteiger charge is -2.19. The molecule has 2 aromatic rings. The molecule has 2 amide bonds. The number of nitrogens with two attached hydrogens (primary N) is 4. The largest absolute Gasteiger partial charge is 0.444 e. The molecular formula is C30H57ClN8O8S2. The highest BCUT2D eigenvalue weighted by Crippen LogP contribution is 2.08. The normalized spacial score (nSPS) is 11.0. The molecule has 0 atom stereocenters. The summed E-state index contributed by atoms with van der Waals surface area (Å²) < 4.78 is 61.3. The number of nitrogens with one attached hydrogen (secondary N) is 4. The fraction of sp³-hybridized carbons (Fsp3) is 0.533. The predicted octanol–water partition coefficient (Wildman–Crippen LogP) is 1.21. The van der Waals surface area contributed by atoms with E-state index in [0.29, 0.717) is 32.7 Å². The van der Waals surface area contributed by atoms with E-state index in [9.17, 15) is 26.4 Å². The van der Waals surface area contributed by atoms with Crippen LogP contribution in [0.2, 0.25) is 0 Å². The van der Waals surface area contributed by atoms with Crippen LogP contribution in [-0.4, -0.2) is 92.6 Å². The first-order valence-corrected chi connectivity index (χ1v) is 18.0. The number of benzene rings is 2. The molecule has 2 rings (SSSR count). The molecule has 284 valence electrons. The molecule has 0 aliphatic heterocycles. The highest BCUT2D eigenvalue weighted by molar-refractivity contribution is 7.89. The Kier molecular flexibility index (Phi) is 27.5. The maximum Gasteiger partial charge on any atom is 0.407 e. The summed E-state index contributed by atoms with van der Waals surface area (Å²) in [4.78, 5) is 22.6. The van der Waals surface area contributed by atoms with Crippen LogP contribution in [0.15, 0.2) is 70.5 Å². The van der Waals surface area contributed by atoms with Crippen molar-refractivity contribution in [2.75, 3.05) is 52.4 Å². The topological polar surface area (TPSA) is 273 Å². The number of sulfonamides is 2. The van der Waals surface area contributed by atoms with Crippen molar-refractivity contribution in [3.05, 3.63) is 60.7 Å². The van der Waals surface area contributed by atoms with E-state index in [1.807, 2.05) is 20.8 Å². The number of halogens is 1. The average Bonchev–Trinajstić information content (AvgIpc) is 3.01. The second kappa shape index (κ2) is 26.8. The molecule has 0 radical (unpaired) electrons. The van der Waals surface area contributed by atoms with Crippen molar-refractivity contribution in [2.45, 2.75) is 62.5 Å². The first-order chi connectivity index (χ1) is 22.2. The van der Waals surface area contributed by atoms with Gasteiger partial charge in [-0.15, -0.1) is 12.4 Å². The molecule has 0 heterocycles. The zero-order chi connectivity index (χ0) is 37.3. The third-order valence-corrected chi connectivity index (χ3v) is 7.56. The van der Waals surface area contributed by atoms with Gasteiger partial charge in [0.15, 0.2) is 0 Å². The second-order valence-electron chi connectivity index (χ2n) is 11.4. The molecule has 12 N–H and O–H groups in total. The van der Waals surface area contributed by atoms with E-state index in [1.165, 1.54) is 12.1 Å². The Labute approximate surface area is 298 Å². The second-order valence-corrected chi connectivity index (χ2v) is 15.0. The Balaban J connectivity index is -0.000000635. The highest BCUT2D eigenvalue weighted by atomic mass is 35.5. The van der Waals surface area contributed by atoms with Gasteiger partial charge >= 0.3 is 12.2 Å². The average molecular weight is 757 g/mol. The molecule has 2 aromatic carbocycles. The van der Waals surface area contributed by atoms with Crippen LogP contribution >= 0.6 is 12.4 Å². The van der Waals surface area contributed by atoms with Crippen molar-refractivity contribution in [3.8, 4) is 0 Å². The smallest absolute Gasteiger partial charge is 0.407 e. The van der Waals surface area contributed by atoms with Gasteiger partial charge < -0.3 is 43.0 Å². The number of carbonyl (C=O) groups is 2. The van der Waals surface area contributed by atoms with Crippen molar-refractivity contribution in [3.63, 3.8) is 0 Å². The zero-order valence-electron chi connectivity index (χ0n) is 29.2. The zero-order valence-corrected chi connectivity index (χ0v) is 31.7. The fourth-order valence-electron chi connectivity index (χ4n) is 2.71. The molecule has 0 saturated heterocycles. The van der Waals surface area contributed by atoms with Crippen LogP contribution in [0, 0.1) is 0 Å². The Morgan fingerprint density at radius 3 is 1.18 bits per heavy atom. The van der Waals surface area contributed by atoms with Gasteiger partial charge in [-0.2, -0.15) is 0 Å². The maximum atomic E-state index is 11.9. The van der Waals surface area contributed by atoms with E-state index in [-0.39, 0.29) is 41.8 Å². The monoisotopic (exact) mass is 756 g/mol. The molecule has 0 fully saturated rings. The molecule has 0 spiro atoms. The summed E-state index contributed by atoms with van der Waals surface area (Å²) in [5.74, 6) is 0. The number of carbonyl (C=O) groups excluding carboxylic acids is 2. The Morgan fingerprint density at radius 2 is 0.878 bits per heavy atom. The summed E-state index contributed by atoms with van der Waals surface area (Å²) in [6.07, 6.45) is -0.987. The quantitative estimate of drug-likeness (QED) is 0.142. The van der Waals surface area contributed by atoms with Gasteiger partial charge in [0.1, 0.15) is 11.2 Å². The first kappa shape index (κ1) is 50.3. The lowest BCUT2D eigenvalue weighted by Crippen LogP contribution is -2.37. The summed E-state index contributed by atoms with van der Waals surface area (Å²) in [5, 5.41) is 4.98. The number of alkyl carbamates (subject to hydrolysis) is 2. The summed E-state index contributed by atoms with van der Waals surface area (Å²) in [7, 11) is -6.89. The van der Waals surface area contributed by atoms with Crippen LogP contribution in [0.25, 0.3) is 0 Å². The molecule has 0 aromatic heterocycles. The molecule has 49 heavy (non-hydrogen) atoms. The van der Waals surface area contributed by atoms with Gasteiger partial charge in [0.2, 0.25) is 20.0 Å². The van der Waals surface area contributed by atoms with Gasteiger partial charge in [-0.05, 0) is 65.8 Å². The van der Waals surface area contributed by atoms with E-state index >= 15 is 0 Å². The van der Waals surface area contributed by atoms with E-state index < -0.39 is 43.4 Å². The summed E-state index contributed by atoms with van der Waals surface area (Å²) in [5.41, 5.74) is 19.2. The number of rotatable bonds is 12. The van der Waals surface area contributed by atoms with Gasteiger partial charge in [-0.1, -0.05) is 36.4 Å². The van der Waals surface area contributed by atoms with Crippen LogP contribution in [0.5, 0.6) is 0 Å². The molecule has 0 unspecified atom stereocenters. The van der Waals surface area contributed by atoms with Crippen LogP contribution in [0.4, 0.5) is 9.59 Å². The number of hydrogen-bond acceptors (Lipinski definition) is 12. The molecule has 0 aliphatic rings. The lowest BCUT2D eigenvalue weighted by atomic mass is 10.2. The van der Waals surface area contributed by atoms with Crippen molar-refractivity contribution < 1.29 is 35.9 Å². The third kappa shape index (κ3) is 29.6. The summed E-state index contributed by atoms with van der Waals surface area (Å²) in [6.45, 7) is 13.6. The molecule has 0 saturated carbocycles. The van der Waals surface area contributed by atoms with Gasteiger partial charge in [0.25, 0.3) is 0 Å². The molecular weight excluding hydrogens is 700 g/mol. The van der Waals surface area contributed by atoms with Crippen molar-refractivity contribution in [2.24, 2.45) is 22.9 Å². The fourth-order valence-corrected chi connectivity index (χ4v) is 4.83. The molecule has 19 heteroatoms. The number of hydrogen-bond donors (Lipinski definition) is 8. The SMILES string of the molecule is CC(C)(C)OC(=O)NCCN.CC(C)(C)OC(=O)NCCNS(=O)(=O)c1ccccc1.Cl.NCCN.NCCNS(=O)(=O)c1ccccc1. The Morgan fingerprint density at radius 1 is 0.551 bits per heavy atom. The Hall–Kier alpha value is -3.07. The highest BCUT2D eigenvalue weighted by Gasteiger charge is 2.17. The predicted molar refractivity (Wildman–Crippen MR) is 195 cm³/mol. The van der Waals surface area contributed by atoms with Crippen molar-refractivity contribution >= 4 is 44.6 Å². The van der Waals surface area contributed by atoms with E-state index in [1.54, 1.807) is 69.3 Å². The Bertz CT molecular complexity index is 1360. The third-order valence-electron chi connectivity index (χ3n) is 4.61. The van der Waals surface area contributed by atoms with Crippen LogP contribution in [-0.2, 0) is 29.5 Å². The number of amides is 2. The van der Waals surface area contributed by atoms with E-state index in [2.05, 4.69) is 20.1 Å². The van der Waals surface area contributed by atoms with Gasteiger partial charge in [-0.25, -0.2) is 35.9 Å². The van der Waals surface area contributed by atoms with Crippen LogP contribution in [0.3, 0.4) is 0 Å². The minimum Gasteiger partial charge on any atom is -0.444 e. The van der Waals surface area contributed by atoms with E-state index in [4.69, 9.17) is 32.4 Å². The molecule has 0 bridgehead atoms. The van der Waals surface area contributed by atoms with Crippen molar-refractivity contribution in [1.29, 1.82) is 0 Å². The standard InChI is InChI=1S/C13H20N2O4S.C8H12N2O2S.C7H16N2O2.C2H8N2.ClH/c1-13(2,3)19-12(16)14-9-10-15-20(17,18)11-7-5-4-6-8-11;9-6-7-10-13(11,12)8-4-2-1-3-5-8;1-7(2,3)11-6(10)9-5-4-8;3-1-2-4;/h4-8,15H,9-10H2,1-3H3,(H,14,16);1-5,10H,6-7,9H2;4-5,8H2,1-3H3,(H,9,10);1-4H2;1H. The van der Waals surface area contributed by atoms with E-state index in [0.717, 1.165) is 0 Å².